The molecule has 0 unspecified atom stereocenters. The number of ether oxygens (including phenoxy) is 1. The second kappa shape index (κ2) is 6.58. The van der Waals surface area contributed by atoms with Crippen LogP contribution >= 0.6 is 0 Å². The second-order valence-electron chi connectivity index (χ2n) is 5.37. The van der Waals surface area contributed by atoms with Crippen molar-refractivity contribution >= 4 is 5.91 Å². The molecule has 5 nitrogen and oxygen atoms in total. The monoisotopic (exact) mass is 297 g/mol. The smallest absolute Gasteiger partial charge is 0.254 e. The van der Waals surface area contributed by atoms with Crippen molar-refractivity contribution in [1.29, 1.82) is 0 Å². The fraction of sp³-hybridized carbons (Fsp3) is 0.294. The van der Waals surface area contributed by atoms with E-state index in [1.807, 2.05) is 41.3 Å². The number of carbonyl (C=O) groups is 1. The van der Waals surface area contributed by atoms with Crippen molar-refractivity contribution in [3.05, 3.63) is 54.4 Å². The van der Waals surface area contributed by atoms with Crippen LogP contribution in [0.5, 0.6) is 11.5 Å². The molecule has 0 spiro atoms. The van der Waals surface area contributed by atoms with Crippen molar-refractivity contribution in [2.75, 3.05) is 19.6 Å². The van der Waals surface area contributed by atoms with Crippen molar-refractivity contribution in [2.24, 2.45) is 0 Å². The number of pyridine rings is 1. The Morgan fingerprint density at radius 1 is 1.27 bits per heavy atom. The largest absolute Gasteiger partial charge is 0.456 e. The van der Waals surface area contributed by atoms with Crippen LogP contribution < -0.4 is 10.1 Å². The minimum atomic E-state index is 0.0712. The first kappa shape index (κ1) is 14.5. The maximum atomic E-state index is 12.5. The molecule has 0 aliphatic carbocycles. The highest BCUT2D eigenvalue weighted by atomic mass is 16.5. The zero-order valence-corrected chi connectivity index (χ0v) is 12.5. The summed E-state index contributed by atoms with van der Waals surface area (Å²) in [5.41, 5.74) is 0.687. The van der Waals surface area contributed by atoms with Crippen LogP contribution in [0, 0.1) is 0 Å². The molecule has 3 rings (SSSR count). The summed E-state index contributed by atoms with van der Waals surface area (Å²) in [6.07, 6.45) is 3.35. The van der Waals surface area contributed by atoms with Gasteiger partial charge in [0, 0.05) is 37.4 Å². The van der Waals surface area contributed by atoms with Crippen molar-refractivity contribution in [3.63, 3.8) is 0 Å². The second-order valence-corrected chi connectivity index (χ2v) is 5.37. The highest BCUT2D eigenvalue weighted by Gasteiger charge is 2.23. The third kappa shape index (κ3) is 3.26. The highest BCUT2D eigenvalue weighted by Crippen LogP contribution is 2.21. The molecule has 2 heterocycles. The van der Waals surface area contributed by atoms with E-state index in [2.05, 4.69) is 17.2 Å². The van der Waals surface area contributed by atoms with Gasteiger partial charge < -0.3 is 15.0 Å². The lowest BCUT2D eigenvalue weighted by Gasteiger charge is -2.34. The number of benzene rings is 1. The van der Waals surface area contributed by atoms with E-state index in [1.165, 1.54) is 0 Å². The summed E-state index contributed by atoms with van der Waals surface area (Å²) in [4.78, 5) is 18.4. The minimum Gasteiger partial charge on any atom is -0.456 e. The van der Waals surface area contributed by atoms with Gasteiger partial charge in [-0.3, -0.25) is 9.78 Å². The Morgan fingerprint density at radius 3 is 2.77 bits per heavy atom. The first-order valence-electron chi connectivity index (χ1n) is 7.43. The van der Waals surface area contributed by atoms with Crippen LogP contribution in [0.15, 0.2) is 48.8 Å². The lowest BCUT2D eigenvalue weighted by Crippen LogP contribution is -2.52. The van der Waals surface area contributed by atoms with Gasteiger partial charge in [0.05, 0.1) is 6.20 Å². The molecule has 22 heavy (non-hydrogen) atoms. The third-order valence-electron chi connectivity index (χ3n) is 3.73. The Hall–Kier alpha value is -2.40. The number of nitrogens with zero attached hydrogens (tertiary/aromatic N) is 2. The van der Waals surface area contributed by atoms with Gasteiger partial charge in [0.15, 0.2) is 0 Å². The van der Waals surface area contributed by atoms with Gasteiger partial charge in [-0.05, 0) is 43.3 Å². The average molecular weight is 297 g/mol. The zero-order valence-electron chi connectivity index (χ0n) is 12.5. The SMILES string of the molecule is C[C@H]1CNCCN1C(=O)c1ccc(Oc2cccnc2)cc1. The minimum absolute atomic E-state index is 0.0712. The average Bonchev–Trinajstić information content (AvgIpc) is 2.56. The van der Waals surface area contributed by atoms with E-state index in [9.17, 15) is 4.79 Å². The van der Waals surface area contributed by atoms with E-state index >= 15 is 0 Å². The standard InChI is InChI=1S/C17H19N3O2/c1-13-11-19-9-10-20(13)17(21)14-4-6-15(7-5-14)22-16-3-2-8-18-12-16/h2-8,12-13,19H,9-11H2,1H3/t13-/m0/s1. The number of nitrogens with one attached hydrogen (secondary N) is 1. The molecule has 0 bridgehead atoms. The Morgan fingerprint density at radius 2 is 2.09 bits per heavy atom. The normalized spacial score (nSPS) is 18.0. The molecule has 1 N–H and O–H groups in total. The van der Waals surface area contributed by atoms with Crippen LogP contribution in [0.2, 0.25) is 0 Å². The van der Waals surface area contributed by atoms with Crippen LogP contribution in [-0.4, -0.2) is 41.5 Å². The predicted molar refractivity (Wildman–Crippen MR) is 84.1 cm³/mol. The maximum absolute atomic E-state index is 12.5. The van der Waals surface area contributed by atoms with E-state index < -0.39 is 0 Å². The molecule has 0 radical (unpaired) electrons. The van der Waals surface area contributed by atoms with Gasteiger partial charge in [0.1, 0.15) is 11.5 Å². The van der Waals surface area contributed by atoms with Crippen LogP contribution in [0.4, 0.5) is 0 Å². The van der Waals surface area contributed by atoms with Gasteiger partial charge >= 0.3 is 0 Å². The van der Waals surface area contributed by atoms with Gasteiger partial charge in [-0.25, -0.2) is 0 Å². The van der Waals surface area contributed by atoms with Crippen LogP contribution in [-0.2, 0) is 0 Å². The van der Waals surface area contributed by atoms with Gasteiger partial charge in [-0.1, -0.05) is 0 Å². The molecule has 1 atom stereocenters. The summed E-state index contributed by atoms with van der Waals surface area (Å²) in [5, 5.41) is 3.29. The lowest BCUT2D eigenvalue weighted by molar-refractivity contribution is 0.0656. The van der Waals surface area contributed by atoms with E-state index in [0.717, 1.165) is 19.6 Å². The Bertz CT molecular complexity index is 628. The van der Waals surface area contributed by atoms with Crippen LogP contribution in [0.25, 0.3) is 0 Å². The molecule has 1 saturated heterocycles. The van der Waals surface area contributed by atoms with Gasteiger partial charge in [-0.15, -0.1) is 0 Å². The van der Waals surface area contributed by atoms with Crippen LogP contribution in [0.3, 0.4) is 0 Å². The van der Waals surface area contributed by atoms with Crippen molar-refractivity contribution in [1.82, 2.24) is 15.2 Å². The van der Waals surface area contributed by atoms with Crippen LogP contribution in [0.1, 0.15) is 17.3 Å². The molecular formula is C17H19N3O2. The van der Waals surface area contributed by atoms with Crippen molar-refractivity contribution in [2.45, 2.75) is 13.0 Å². The third-order valence-corrected chi connectivity index (χ3v) is 3.73. The topological polar surface area (TPSA) is 54.5 Å². The van der Waals surface area contributed by atoms with Gasteiger partial charge in [0.2, 0.25) is 0 Å². The molecule has 5 heteroatoms. The molecule has 0 saturated carbocycles. The Balaban J connectivity index is 1.69. The number of carbonyl (C=O) groups excluding carboxylic acids is 1. The summed E-state index contributed by atoms with van der Waals surface area (Å²) in [6.45, 7) is 4.49. The van der Waals surface area contributed by atoms with Gasteiger partial charge in [-0.2, -0.15) is 0 Å². The Labute approximate surface area is 129 Å². The summed E-state index contributed by atoms with van der Waals surface area (Å²) in [5.74, 6) is 1.44. The lowest BCUT2D eigenvalue weighted by atomic mass is 10.1. The number of rotatable bonds is 3. The van der Waals surface area contributed by atoms with E-state index in [4.69, 9.17) is 4.74 Å². The molecule has 1 aromatic carbocycles. The quantitative estimate of drug-likeness (QED) is 0.944. The number of hydrogen-bond acceptors (Lipinski definition) is 4. The molecule has 1 aliphatic rings. The summed E-state index contributed by atoms with van der Waals surface area (Å²) in [6, 6.07) is 11.1. The fourth-order valence-electron chi connectivity index (χ4n) is 2.52. The molecular weight excluding hydrogens is 278 g/mol. The molecule has 1 fully saturated rings. The maximum Gasteiger partial charge on any atom is 0.254 e. The first-order valence-corrected chi connectivity index (χ1v) is 7.43. The Kier molecular flexibility index (Phi) is 4.34. The van der Waals surface area contributed by atoms with Gasteiger partial charge in [0.25, 0.3) is 5.91 Å². The highest BCUT2D eigenvalue weighted by molar-refractivity contribution is 5.94. The van der Waals surface area contributed by atoms with Crippen molar-refractivity contribution < 1.29 is 9.53 Å². The molecule has 1 aliphatic heterocycles. The summed E-state index contributed by atoms with van der Waals surface area (Å²) < 4.78 is 5.68. The number of amides is 1. The van der Waals surface area contributed by atoms with E-state index in [1.54, 1.807) is 12.4 Å². The van der Waals surface area contributed by atoms with E-state index in [-0.39, 0.29) is 11.9 Å². The zero-order chi connectivity index (χ0) is 15.4. The first-order chi connectivity index (χ1) is 10.7. The number of aromatic nitrogens is 1. The fourth-order valence-corrected chi connectivity index (χ4v) is 2.52. The predicted octanol–water partition coefficient (Wildman–Crippen LogP) is 2.31. The van der Waals surface area contributed by atoms with Crippen molar-refractivity contribution in [3.8, 4) is 11.5 Å². The molecule has 1 aromatic heterocycles. The number of hydrogen-bond donors (Lipinski definition) is 1. The molecule has 2 aromatic rings. The summed E-state index contributed by atoms with van der Waals surface area (Å²) >= 11 is 0. The summed E-state index contributed by atoms with van der Waals surface area (Å²) in [7, 11) is 0. The molecule has 1 amide bonds. The molecule has 114 valence electrons. The number of piperazine rings is 1. The van der Waals surface area contributed by atoms with E-state index in [0.29, 0.717) is 17.1 Å².